The van der Waals surface area contributed by atoms with Gasteiger partial charge in [-0.1, -0.05) is 6.07 Å². The highest BCUT2D eigenvalue weighted by molar-refractivity contribution is 5.40. The highest BCUT2D eigenvalue weighted by Gasteiger charge is 2.21. The number of aromatic hydroxyl groups is 2. The Bertz CT molecular complexity index is 406. The van der Waals surface area contributed by atoms with Gasteiger partial charge in [0.1, 0.15) is 11.5 Å². The summed E-state index contributed by atoms with van der Waals surface area (Å²) in [5.41, 5.74) is -0.183. The van der Waals surface area contributed by atoms with Crippen LogP contribution in [0.5, 0.6) is 11.5 Å². The molecule has 19 heavy (non-hydrogen) atoms. The van der Waals surface area contributed by atoms with Gasteiger partial charge in [-0.3, -0.25) is 0 Å². The van der Waals surface area contributed by atoms with Crippen molar-refractivity contribution in [2.45, 2.75) is 31.9 Å². The number of phenolic OH excluding ortho intramolecular Hbond substituents is 2. The van der Waals surface area contributed by atoms with Crippen LogP contribution in [0.1, 0.15) is 31.9 Å². The third-order valence-electron chi connectivity index (χ3n) is 3.11. The van der Waals surface area contributed by atoms with E-state index in [0.29, 0.717) is 25.1 Å². The molecular weight excluding hydrogens is 246 g/mol. The van der Waals surface area contributed by atoms with Crippen molar-refractivity contribution in [3.8, 4) is 11.5 Å². The molecule has 1 aromatic carbocycles. The van der Waals surface area contributed by atoms with Gasteiger partial charge in [-0.15, -0.1) is 0 Å². The minimum absolute atomic E-state index is 0.0283. The van der Waals surface area contributed by atoms with E-state index < -0.39 is 5.60 Å². The lowest BCUT2D eigenvalue weighted by Crippen LogP contribution is -2.39. The summed E-state index contributed by atoms with van der Waals surface area (Å²) in [6.45, 7) is 4.51. The second-order valence-electron chi connectivity index (χ2n) is 5.09. The Morgan fingerprint density at radius 3 is 2.63 bits per heavy atom. The van der Waals surface area contributed by atoms with Gasteiger partial charge in [-0.25, -0.2) is 0 Å². The van der Waals surface area contributed by atoms with E-state index in [1.165, 1.54) is 12.1 Å². The fraction of sp³-hybridized carbons (Fsp3) is 0.571. The molecule has 0 fully saturated rings. The molecule has 2 atom stereocenters. The first kappa shape index (κ1) is 15.8. The van der Waals surface area contributed by atoms with E-state index in [9.17, 15) is 15.3 Å². The number of benzene rings is 1. The molecule has 0 aliphatic rings. The lowest BCUT2D eigenvalue weighted by molar-refractivity contribution is 0.0230. The van der Waals surface area contributed by atoms with Crippen LogP contribution in [0.15, 0.2) is 18.2 Å². The standard InChI is InChI=1S/C14H23NO4/c1-10(12-5-4-11(16)8-13(12)17)15-9-14(2,18)6-7-19-3/h4-5,8,10,15-18H,6-7,9H2,1-3H3. The Morgan fingerprint density at radius 2 is 2.05 bits per heavy atom. The Labute approximate surface area is 113 Å². The molecule has 5 heteroatoms. The predicted octanol–water partition coefficient (Wildman–Crippen LogP) is 1.54. The molecule has 0 aromatic heterocycles. The van der Waals surface area contributed by atoms with E-state index in [1.54, 1.807) is 20.1 Å². The monoisotopic (exact) mass is 269 g/mol. The first-order valence-corrected chi connectivity index (χ1v) is 6.32. The number of rotatable bonds is 7. The summed E-state index contributed by atoms with van der Waals surface area (Å²) in [5, 5.41) is 32.3. The second kappa shape index (κ2) is 6.75. The number of methoxy groups -OCH3 is 1. The van der Waals surface area contributed by atoms with Crippen LogP contribution >= 0.6 is 0 Å². The summed E-state index contributed by atoms with van der Waals surface area (Å²) in [7, 11) is 1.60. The largest absolute Gasteiger partial charge is 0.508 e. The molecule has 108 valence electrons. The molecule has 1 aromatic rings. The van der Waals surface area contributed by atoms with Gasteiger partial charge in [0.2, 0.25) is 0 Å². The van der Waals surface area contributed by atoms with E-state index in [0.717, 1.165) is 0 Å². The van der Waals surface area contributed by atoms with Crippen LogP contribution in [0.25, 0.3) is 0 Å². The highest BCUT2D eigenvalue weighted by atomic mass is 16.5. The average Bonchev–Trinajstić information content (AvgIpc) is 2.34. The van der Waals surface area contributed by atoms with Gasteiger partial charge in [0.15, 0.2) is 0 Å². The Kier molecular flexibility index (Phi) is 5.60. The number of nitrogens with one attached hydrogen (secondary N) is 1. The average molecular weight is 269 g/mol. The van der Waals surface area contributed by atoms with Crippen LogP contribution in [0.3, 0.4) is 0 Å². The number of ether oxygens (including phenoxy) is 1. The van der Waals surface area contributed by atoms with Crippen molar-refractivity contribution in [3.63, 3.8) is 0 Å². The summed E-state index contributed by atoms with van der Waals surface area (Å²) in [6, 6.07) is 4.36. The zero-order valence-corrected chi connectivity index (χ0v) is 11.7. The van der Waals surface area contributed by atoms with Crippen LogP contribution in [0, 0.1) is 0 Å². The maximum Gasteiger partial charge on any atom is 0.124 e. The zero-order valence-electron chi connectivity index (χ0n) is 11.7. The Hall–Kier alpha value is -1.30. The molecular formula is C14H23NO4. The SMILES string of the molecule is COCCC(C)(O)CNC(C)c1ccc(O)cc1O. The Morgan fingerprint density at radius 1 is 1.37 bits per heavy atom. The van der Waals surface area contributed by atoms with E-state index >= 15 is 0 Å². The predicted molar refractivity (Wildman–Crippen MR) is 73.3 cm³/mol. The molecule has 0 heterocycles. The van der Waals surface area contributed by atoms with Gasteiger partial charge in [-0.2, -0.15) is 0 Å². The van der Waals surface area contributed by atoms with Crippen molar-refractivity contribution in [2.75, 3.05) is 20.3 Å². The van der Waals surface area contributed by atoms with Crippen LogP contribution in [0.4, 0.5) is 0 Å². The van der Waals surface area contributed by atoms with Crippen LogP contribution < -0.4 is 5.32 Å². The van der Waals surface area contributed by atoms with Crippen molar-refractivity contribution < 1.29 is 20.1 Å². The fourth-order valence-electron chi connectivity index (χ4n) is 1.79. The molecule has 0 aliphatic heterocycles. The summed E-state index contributed by atoms with van der Waals surface area (Å²) in [5.74, 6) is 0.0667. The molecule has 0 spiro atoms. The van der Waals surface area contributed by atoms with Crippen LogP contribution in [-0.4, -0.2) is 41.2 Å². The first-order chi connectivity index (χ1) is 8.85. The number of aliphatic hydroxyl groups is 1. The molecule has 0 saturated heterocycles. The lowest BCUT2D eigenvalue weighted by atomic mass is 10.0. The third-order valence-corrected chi connectivity index (χ3v) is 3.11. The Balaban J connectivity index is 2.57. The van der Waals surface area contributed by atoms with Crippen molar-refractivity contribution in [1.29, 1.82) is 0 Å². The maximum absolute atomic E-state index is 10.1. The van der Waals surface area contributed by atoms with Crippen molar-refractivity contribution >= 4 is 0 Å². The highest BCUT2D eigenvalue weighted by Crippen LogP contribution is 2.27. The van der Waals surface area contributed by atoms with Gasteiger partial charge in [0, 0.05) is 44.4 Å². The molecule has 1 rings (SSSR count). The minimum Gasteiger partial charge on any atom is -0.508 e. The molecule has 0 radical (unpaired) electrons. The molecule has 0 bridgehead atoms. The van der Waals surface area contributed by atoms with Crippen LogP contribution in [0.2, 0.25) is 0 Å². The minimum atomic E-state index is -0.864. The van der Waals surface area contributed by atoms with Crippen molar-refractivity contribution in [2.24, 2.45) is 0 Å². The van der Waals surface area contributed by atoms with E-state index in [2.05, 4.69) is 5.32 Å². The van der Waals surface area contributed by atoms with Gasteiger partial charge >= 0.3 is 0 Å². The summed E-state index contributed by atoms with van der Waals surface area (Å²) in [6.07, 6.45) is 0.533. The molecule has 0 saturated carbocycles. The number of hydrogen-bond acceptors (Lipinski definition) is 5. The molecule has 5 nitrogen and oxygen atoms in total. The quantitative estimate of drug-likeness (QED) is 0.603. The van der Waals surface area contributed by atoms with Gasteiger partial charge < -0.3 is 25.4 Å². The lowest BCUT2D eigenvalue weighted by Gasteiger charge is -2.26. The zero-order chi connectivity index (χ0) is 14.5. The number of hydrogen-bond donors (Lipinski definition) is 4. The molecule has 0 amide bonds. The topological polar surface area (TPSA) is 82.0 Å². The molecule has 2 unspecified atom stereocenters. The van der Waals surface area contributed by atoms with E-state index in [-0.39, 0.29) is 17.5 Å². The molecule has 4 N–H and O–H groups in total. The van der Waals surface area contributed by atoms with Crippen molar-refractivity contribution in [1.82, 2.24) is 5.32 Å². The van der Waals surface area contributed by atoms with Gasteiger partial charge in [0.05, 0.1) is 5.60 Å². The van der Waals surface area contributed by atoms with Crippen LogP contribution in [-0.2, 0) is 4.74 Å². The fourth-order valence-corrected chi connectivity index (χ4v) is 1.79. The van der Waals surface area contributed by atoms with Gasteiger partial charge in [0.25, 0.3) is 0 Å². The van der Waals surface area contributed by atoms with E-state index in [4.69, 9.17) is 4.74 Å². The number of phenols is 2. The normalized spacial score (nSPS) is 16.0. The van der Waals surface area contributed by atoms with Crippen molar-refractivity contribution in [3.05, 3.63) is 23.8 Å². The second-order valence-corrected chi connectivity index (χ2v) is 5.09. The smallest absolute Gasteiger partial charge is 0.124 e. The first-order valence-electron chi connectivity index (χ1n) is 6.32. The third kappa shape index (κ3) is 5.06. The summed E-state index contributed by atoms with van der Waals surface area (Å²) >= 11 is 0. The van der Waals surface area contributed by atoms with Gasteiger partial charge in [-0.05, 0) is 19.9 Å². The molecule has 0 aliphatic carbocycles. The maximum atomic E-state index is 10.1. The summed E-state index contributed by atoms with van der Waals surface area (Å²) < 4.78 is 4.95. The summed E-state index contributed by atoms with van der Waals surface area (Å²) in [4.78, 5) is 0. The van der Waals surface area contributed by atoms with E-state index in [1.807, 2.05) is 6.92 Å².